The highest BCUT2D eigenvalue weighted by Crippen LogP contribution is 2.25. The summed E-state index contributed by atoms with van der Waals surface area (Å²) in [5, 5.41) is 0. The van der Waals surface area contributed by atoms with E-state index in [4.69, 9.17) is 10.5 Å². The molecule has 0 spiro atoms. The molecule has 2 aromatic rings. The summed E-state index contributed by atoms with van der Waals surface area (Å²) >= 11 is 1.50. The zero-order chi connectivity index (χ0) is 17.8. The van der Waals surface area contributed by atoms with Crippen LogP contribution < -0.4 is 5.73 Å². The Morgan fingerprint density at radius 1 is 1.32 bits per heavy atom. The highest BCUT2D eigenvalue weighted by molar-refractivity contribution is 7.14. The smallest absolute Gasteiger partial charge is 0.263 e. The SMILES string of the molecule is COCc1ccc(C(=O)N2CC[C@H](Cc3cccc(C(N)=O)c3)C2)s1. The number of rotatable bonds is 6. The normalized spacial score (nSPS) is 17.0. The van der Waals surface area contributed by atoms with Crippen LogP contribution in [0.5, 0.6) is 0 Å². The number of hydrogen-bond donors (Lipinski definition) is 1. The van der Waals surface area contributed by atoms with Crippen molar-refractivity contribution in [2.75, 3.05) is 20.2 Å². The van der Waals surface area contributed by atoms with Gasteiger partial charge in [-0.15, -0.1) is 11.3 Å². The van der Waals surface area contributed by atoms with Gasteiger partial charge in [0.2, 0.25) is 5.91 Å². The molecular formula is C19H22N2O3S. The highest BCUT2D eigenvalue weighted by Gasteiger charge is 2.27. The Morgan fingerprint density at radius 3 is 2.92 bits per heavy atom. The topological polar surface area (TPSA) is 72.6 Å². The van der Waals surface area contributed by atoms with Crippen LogP contribution in [0, 0.1) is 5.92 Å². The maximum Gasteiger partial charge on any atom is 0.263 e. The molecule has 25 heavy (non-hydrogen) atoms. The Morgan fingerprint density at radius 2 is 2.16 bits per heavy atom. The van der Waals surface area contributed by atoms with E-state index in [9.17, 15) is 9.59 Å². The van der Waals surface area contributed by atoms with Crippen molar-refractivity contribution >= 4 is 23.2 Å². The summed E-state index contributed by atoms with van der Waals surface area (Å²) < 4.78 is 5.11. The van der Waals surface area contributed by atoms with Crippen LogP contribution in [0.2, 0.25) is 0 Å². The summed E-state index contributed by atoms with van der Waals surface area (Å²) in [4.78, 5) is 27.7. The Labute approximate surface area is 151 Å². The van der Waals surface area contributed by atoms with Crippen molar-refractivity contribution in [3.8, 4) is 0 Å². The molecule has 2 amide bonds. The Balaban J connectivity index is 1.60. The van der Waals surface area contributed by atoms with Gasteiger partial charge in [0.05, 0.1) is 11.5 Å². The number of carbonyl (C=O) groups is 2. The number of likely N-dealkylation sites (tertiary alicyclic amines) is 1. The molecule has 0 aliphatic carbocycles. The summed E-state index contributed by atoms with van der Waals surface area (Å²) in [5.41, 5.74) is 6.97. The number of ether oxygens (including phenoxy) is 1. The second kappa shape index (κ2) is 7.80. The first-order valence-corrected chi connectivity index (χ1v) is 9.14. The molecule has 1 aromatic heterocycles. The summed E-state index contributed by atoms with van der Waals surface area (Å²) in [6.07, 6.45) is 1.83. The Kier molecular flexibility index (Phi) is 5.50. The van der Waals surface area contributed by atoms with E-state index in [1.165, 1.54) is 11.3 Å². The van der Waals surface area contributed by atoms with Crippen molar-refractivity contribution in [2.45, 2.75) is 19.4 Å². The third-order valence-corrected chi connectivity index (χ3v) is 5.51. The first-order valence-electron chi connectivity index (χ1n) is 8.32. The van der Waals surface area contributed by atoms with E-state index in [0.717, 1.165) is 41.2 Å². The van der Waals surface area contributed by atoms with Crippen molar-refractivity contribution < 1.29 is 14.3 Å². The van der Waals surface area contributed by atoms with E-state index < -0.39 is 5.91 Å². The van der Waals surface area contributed by atoms with Gasteiger partial charge in [-0.2, -0.15) is 0 Å². The molecule has 5 nitrogen and oxygen atoms in total. The van der Waals surface area contributed by atoms with Crippen LogP contribution in [-0.2, 0) is 17.8 Å². The minimum Gasteiger partial charge on any atom is -0.379 e. The number of methoxy groups -OCH3 is 1. The molecule has 1 aromatic carbocycles. The lowest BCUT2D eigenvalue weighted by atomic mass is 9.97. The largest absolute Gasteiger partial charge is 0.379 e. The molecule has 2 N–H and O–H groups in total. The van der Waals surface area contributed by atoms with Gasteiger partial charge >= 0.3 is 0 Å². The van der Waals surface area contributed by atoms with Crippen LogP contribution in [0.3, 0.4) is 0 Å². The van der Waals surface area contributed by atoms with Crippen LogP contribution in [-0.4, -0.2) is 36.9 Å². The molecule has 0 unspecified atom stereocenters. The third-order valence-electron chi connectivity index (χ3n) is 4.47. The van der Waals surface area contributed by atoms with Gasteiger partial charge in [0.1, 0.15) is 0 Å². The van der Waals surface area contributed by atoms with Crippen LogP contribution >= 0.6 is 11.3 Å². The van der Waals surface area contributed by atoms with Crippen LogP contribution in [0.25, 0.3) is 0 Å². The molecule has 2 heterocycles. The first-order chi connectivity index (χ1) is 12.1. The van der Waals surface area contributed by atoms with Crippen LogP contribution in [0.1, 0.15) is 36.9 Å². The molecule has 1 atom stereocenters. The van der Waals surface area contributed by atoms with Gasteiger partial charge < -0.3 is 15.4 Å². The van der Waals surface area contributed by atoms with Crippen LogP contribution in [0.15, 0.2) is 36.4 Å². The molecule has 0 bridgehead atoms. The minimum absolute atomic E-state index is 0.0979. The van der Waals surface area contributed by atoms with Crippen molar-refractivity contribution in [3.05, 3.63) is 57.3 Å². The predicted octanol–water partition coefficient (Wildman–Crippen LogP) is 2.70. The van der Waals surface area contributed by atoms with Crippen molar-refractivity contribution in [2.24, 2.45) is 11.7 Å². The van der Waals surface area contributed by atoms with E-state index >= 15 is 0 Å². The average molecular weight is 358 g/mol. The number of nitrogens with two attached hydrogens (primary N) is 1. The molecule has 1 saturated heterocycles. The minimum atomic E-state index is -0.408. The highest BCUT2D eigenvalue weighted by atomic mass is 32.1. The van der Waals surface area contributed by atoms with Gasteiger partial charge in [-0.25, -0.2) is 0 Å². The second-order valence-electron chi connectivity index (χ2n) is 6.37. The maximum atomic E-state index is 12.6. The van der Waals surface area contributed by atoms with Gasteiger partial charge in [-0.1, -0.05) is 12.1 Å². The first kappa shape index (κ1) is 17.6. The average Bonchev–Trinajstić information content (AvgIpc) is 3.24. The zero-order valence-electron chi connectivity index (χ0n) is 14.2. The van der Waals surface area contributed by atoms with E-state index in [-0.39, 0.29) is 5.91 Å². The van der Waals surface area contributed by atoms with E-state index in [2.05, 4.69) is 0 Å². The van der Waals surface area contributed by atoms with E-state index in [0.29, 0.717) is 18.1 Å². The second-order valence-corrected chi connectivity index (χ2v) is 7.54. The summed E-state index contributed by atoms with van der Waals surface area (Å²) in [5.74, 6) is 0.0980. The lowest BCUT2D eigenvalue weighted by Gasteiger charge is -2.16. The summed E-state index contributed by atoms with van der Waals surface area (Å²) in [6.45, 7) is 2.06. The summed E-state index contributed by atoms with van der Waals surface area (Å²) in [6, 6.07) is 11.3. The quantitative estimate of drug-likeness (QED) is 0.863. The van der Waals surface area contributed by atoms with Gasteiger partial charge in [0.25, 0.3) is 5.91 Å². The lowest BCUT2D eigenvalue weighted by Crippen LogP contribution is -2.28. The zero-order valence-corrected chi connectivity index (χ0v) is 15.1. The van der Waals surface area contributed by atoms with Crippen LogP contribution in [0.4, 0.5) is 0 Å². The standard InChI is InChI=1S/C19H22N2O3S/c1-24-12-16-5-6-17(25-16)19(23)21-8-7-14(11-21)9-13-3-2-4-15(10-13)18(20)22/h2-6,10,14H,7-9,11-12H2,1H3,(H2,20,22)/t14-/m1/s1. The van der Waals surface area contributed by atoms with Gasteiger partial charge in [-0.3, -0.25) is 9.59 Å². The lowest BCUT2D eigenvalue weighted by molar-refractivity contribution is 0.0791. The molecule has 1 aliphatic heterocycles. The number of thiophene rings is 1. The number of amides is 2. The molecule has 3 rings (SSSR count). The molecule has 6 heteroatoms. The van der Waals surface area contributed by atoms with Crippen molar-refractivity contribution in [3.63, 3.8) is 0 Å². The molecule has 0 radical (unpaired) electrons. The fraction of sp³-hybridized carbons (Fsp3) is 0.368. The Hall–Kier alpha value is -2.18. The monoisotopic (exact) mass is 358 g/mol. The molecule has 0 saturated carbocycles. The molecule has 132 valence electrons. The number of carbonyl (C=O) groups excluding carboxylic acids is 2. The van der Waals surface area contributed by atoms with Gasteiger partial charge in [0, 0.05) is 30.6 Å². The number of primary amides is 1. The maximum absolute atomic E-state index is 12.6. The molecule has 1 aliphatic rings. The number of benzene rings is 1. The van der Waals surface area contributed by atoms with Crippen molar-refractivity contribution in [1.29, 1.82) is 0 Å². The molecular weight excluding hydrogens is 336 g/mol. The number of nitrogens with zero attached hydrogens (tertiary/aromatic N) is 1. The fourth-order valence-electron chi connectivity index (χ4n) is 3.24. The fourth-order valence-corrected chi connectivity index (χ4v) is 4.18. The molecule has 1 fully saturated rings. The summed E-state index contributed by atoms with van der Waals surface area (Å²) in [7, 11) is 1.65. The van der Waals surface area contributed by atoms with E-state index in [1.807, 2.05) is 35.2 Å². The third kappa shape index (κ3) is 4.27. The van der Waals surface area contributed by atoms with Crippen molar-refractivity contribution in [1.82, 2.24) is 4.90 Å². The van der Waals surface area contributed by atoms with Gasteiger partial charge in [0.15, 0.2) is 0 Å². The predicted molar refractivity (Wildman–Crippen MR) is 97.7 cm³/mol. The Bertz CT molecular complexity index is 772. The number of hydrogen-bond acceptors (Lipinski definition) is 4. The van der Waals surface area contributed by atoms with Gasteiger partial charge in [-0.05, 0) is 48.6 Å². The van der Waals surface area contributed by atoms with E-state index in [1.54, 1.807) is 13.2 Å².